The topological polar surface area (TPSA) is 134 Å². The second-order valence-corrected chi connectivity index (χ2v) is 4.62. The lowest BCUT2D eigenvalue weighted by atomic mass is 10.3. The monoisotopic (exact) mass is 302 g/mol. The largest absolute Gasteiger partial charge is 0.481 e. The van der Waals surface area contributed by atoms with E-state index in [1.807, 2.05) is 0 Å². The number of rotatable bonds is 10. The van der Waals surface area contributed by atoms with Crippen molar-refractivity contribution in [2.24, 2.45) is 0 Å². The summed E-state index contributed by atoms with van der Waals surface area (Å²) in [6.07, 6.45) is 2.97. The normalized spacial score (nSPS) is 10.7. The first-order valence-corrected chi connectivity index (χ1v) is 7.49. The molecule has 0 aromatic carbocycles. The molecule has 0 rings (SSSR count). The Kier molecular flexibility index (Phi) is 15.2. The van der Waals surface area contributed by atoms with Crippen molar-refractivity contribution in [3.05, 3.63) is 0 Å². The summed E-state index contributed by atoms with van der Waals surface area (Å²) in [6, 6.07) is 0. The molecule has 0 bridgehead atoms. The maximum atomic E-state index is 10.1. The van der Waals surface area contributed by atoms with Crippen LogP contribution in [-0.2, 0) is 18.8 Å². The molecule has 0 saturated carbocycles. The molecule has 0 atom stereocenters. The average Bonchev–Trinajstić information content (AvgIpc) is 2.24. The van der Waals surface area contributed by atoms with Gasteiger partial charge in [0.1, 0.15) is 0 Å². The number of carbonyl (C=O) groups is 1. The van der Waals surface area contributed by atoms with Crippen LogP contribution in [0, 0.1) is 0 Å². The zero-order valence-corrected chi connectivity index (χ0v) is 11.9. The van der Waals surface area contributed by atoms with Crippen molar-refractivity contribution in [1.29, 1.82) is 0 Å². The van der Waals surface area contributed by atoms with Gasteiger partial charge in [-0.15, -0.1) is 0 Å². The van der Waals surface area contributed by atoms with Gasteiger partial charge in [0.05, 0.1) is 13.2 Å². The molecule has 0 heterocycles. The molecule has 0 amide bonds. The van der Waals surface area contributed by atoms with E-state index in [0.717, 1.165) is 19.4 Å². The van der Waals surface area contributed by atoms with E-state index in [1.54, 1.807) is 0 Å². The highest BCUT2D eigenvalue weighted by Crippen LogP contribution is 2.25. The summed E-state index contributed by atoms with van der Waals surface area (Å²) in [7, 11) is -4.64. The van der Waals surface area contributed by atoms with Crippen molar-refractivity contribution in [3.63, 3.8) is 0 Å². The Morgan fingerprint density at radius 1 is 1.00 bits per heavy atom. The summed E-state index contributed by atoms with van der Waals surface area (Å²) in [5.74, 6) is -0.771. The highest BCUT2D eigenvalue weighted by molar-refractivity contribution is 7.45. The summed E-state index contributed by atoms with van der Waals surface area (Å²) in [6.45, 7) is 4.57. The molecule has 0 saturated heterocycles. The van der Waals surface area contributed by atoms with Crippen molar-refractivity contribution < 1.29 is 38.6 Å². The maximum absolute atomic E-state index is 10.1. The number of ether oxygens (including phenoxy) is 2. The molecule has 0 aliphatic heterocycles. The van der Waals surface area contributed by atoms with Crippen molar-refractivity contribution in [2.45, 2.75) is 32.6 Å². The number of unbranched alkanes of at least 4 members (excludes halogenated alkanes) is 1. The van der Waals surface area contributed by atoms with Crippen LogP contribution in [0.4, 0.5) is 0 Å². The quantitative estimate of drug-likeness (QED) is 0.343. The first kappa shape index (κ1) is 20.8. The van der Waals surface area contributed by atoms with Crippen LogP contribution >= 0.6 is 7.82 Å². The molecule has 0 spiro atoms. The molecule has 19 heavy (non-hydrogen) atoms. The molecule has 0 aromatic heterocycles. The minimum absolute atomic E-state index is 0.177. The van der Waals surface area contributed by atoms with Crippen molar-refractivity contribution >= 4 is 13.8 Å². The van der Waals surface area contributed by atoms with Gasteiger partial charge >= 0.3 is 13.8 Å². The summed E-state index contributed by atoms with van der Waals surface area (Å²) >= 11 is 0. The predicted octanol–water partition coefficient (Wildman–Crippen LogP) is 0.756. The molecular formula is C10H23O8P. The van der Waals surface area contributed by atoms with E-state index in [9.17, 15) is 4.79 Å². The third kappa shape index (κ3) is 38.1. The fourth-order valence-corrected chi connectivity index (χ4v) is 0.894. The van der Waals surface area contributed by atoms with Crippen molar-refractivity contribution in [1.82, 2.24) is 0 Å². The molecule has 0 aromatic rings. The predicted molar refractivity (Wildman–Crippen MR) is 67.7 cm³/mol. The molecule has 116 valence electrons. The first-order valence-electron chi connectivity index (χ1n) is 5.93. The van der Waals surface area contributed by atoms with Gasteiger partial charge in [-0.2, -0.15) is 0 Å². The summed E-state index contributed by atoms with van der Waals surface area (Å²) in [4.78, 5) is 31.7. The lowest BCUT2D eigenvalue weighted by Crippen LogP contribution is -2.07. The van der Waals surface area contributed by atoms with Crippen LogP contribution in [0.5, 0.6) is 0 Å². The molecular weight excluding hydrogens is 279 g/mol. The lowest BCUT2D eigenvalue weighted by molar-refractivity contribution is -0.137. The minimum Gasteiger partial charge on any atom is -0.481 e. The zero-order chi connectivity index (χ0) is 15.1. The van der Waals surface area contributed by atoms with Gasteiger partial charge in [0, 0.05) is 19.6 Å². The van der Waals surface area contributed by atoms with Crippen molar-refractivity contribution in [2.75, 3.05) is 26.4 Å². The van der Waals surface area contributed by atoms with Crippen LogP contribution in [0.1, 0.15) is 32.6 Å². The van der Waals surface area contributed by atoms with Crippen molar-refractivity contribution in [3.8, 4) is 0 Å². The average molecular weight is 302 g/mol. The molecule has 8 nitrogen and oxygen atoms in total. The number of hydrogen-bond acceptors (Lipinski definition) is 4. The number of phosphoric acid groups is 1. The smallest absolute Gasteiger partial charge is 0.466 e. The van der Waals surface area contributed by atoms with Crippen LogP contribution in [0.15, 0.2) is 0 Å². The van der Waals surface area contributed by atoms with Crippen LogP contribution in [-0.4, -0.2) is 52.2 Å². The van der Waals surface area contributed by atoms with Gasteiger partial charge in [0.2, 0.25) is 0 Å². The summed E-state index contributed by atoms with van der Waals surface area (Å²) in [5, 5.41) is 8.33. The van der Waals surface area contributed by atoms with E-state index in [0.29, 0.717) is 26.2 Å². The van der Waals surface area contributed by atoms with Gasteiger partial charge in [-0.25, -0.2) is 4.57 Å². The van der Waals surface area contributed by atoms with E-state index < -0.39 is 13.8 Å². The third-order valence-electron chi connectivity index (χ3n) is 1.69. The molecule has 4 N–H and O–H groups in total. The van der Waals surface area contributed by atoms with Gasteiger partial charge in [-0.3, -0.25) is 4.79 Å². The first-order chi connectivity index (χ1) is 8.77. The van der Waals surface area contributed by atoms with Crippen LogP contribution in [0.2, 0.25) is 0 Å². The minimum atomic E-state index is -4.64. The number of carboxylic acid groups (broad SMARTS) is 1. The molecule has 9 heteroatoms. The number of hydrogen-bond donors (Lipinski definition) is 4. The summed E-state index contributed by atoms with van der Waals surface area (Å²) < 4.78 is 19.3. The Morgan fingerprint density at radius 2 is 1.42 bits per heavy atom. The second kappa shape index (κ2) is 13.9. The Balaban J connectivity index is 0. The SMILES string of the molecule is CCCCOCCOCCCC(=O)O.O=P(O)(O)O. The molecule has 0 unspecified atom stereocenters. The third-order valence-corrected chi connectivity index (χ3v) is 1.69. The molecule has 0 radical (unpaired) electrons. The van der Waals surface area contributed by atoms with E-state index in [-0.39, 0.29) is 6.42 Å². The number of aliphatic carboxylic acids is 1. The molecule has 0 aliphatic rings. The van der Waals surface area contributed by atoms with Gasteiger partial charge < -0.3 is 29.3 Å². The Hall–Kier alpha value is -0.500. The van der Waals surface area contributed by atoms with E-state index in [4.69, 9.17) is 33.8 Å². The van der Waals surface area contributed by atoms with E-state index in [2.05, 4.69) is 6.92 Å². The molecule has 0 fully saturated rings. The summed E-state index contributed by atoms with van der Waals surface area (Å²) in [5.41, 5.74) is 0. The second-order valence-electron chi connectivity index (χ2n) is 3.59. The maximum Gasteiger partial charge on any atom is 0.466 e. The molecule has 0 aliphatic carbocycles. The zero-order valence-electron chi connectivity index (χ0n) is 11.0. The standard InChI is InChI=1S/C10H20O4.H3O4P/c1-2-3-6-13-8-9-14-7-4-5-10(11)12;1-5(2,3)4/h2-9H2,1H3,(H,11,12);(H3,1,2,3,4). The Morgan fingerprint density at radius 3 is 1.79 bits per heavy atom. The van der Waals surface area contributed by atoms with Gasteiger partial charge in [0.15, 0.2) is 0 Å². The lowest BCUT2D eigenvalue weighted by Gasteiger charge is -2.04. The van der Waals surface area contributed by atoms with Gasteiger partial charge in [-0.1, -0.05) is 13.3 Å². The van der Waals surface area contributed by atoms with Gasteiger partial charge in [-0.05, 0) is 12.8 Å². The Bertz CT molecular complexity index is 244. The van der Waals surface area contributed by atoms with Gasteiger partial charge in [0.25, 0.3) is 0 Å². The van der Waals surface area contributed by atoms with Crippen LogP contribution in [0.25, 0.3) is 0 Å². The number of carboxylic acids is 1. The fraction of sp³-hybridized carbons (Fsp3) is 0.900. The highest BCUT2D eigenvalue weighted by Gasteiger charge is 2.00. The van der Waals surface area contributed by atoms with E-state index >= 15 is 0 Å². The van der Waals surface area contributed by atoms with E-state index in [1.165, 1.54) is 0 Å². The van der Waals surface area contributed by atoms with Crippen LogP contribution < -0.4 is 0 Å². The highest BCUT2D eigenvalue weighted by atomic mass is 31.2. The Labute approximate surface area is 112 Å². The van der Waals surface area contributed by atoms with Crippen LogP contribution in [0.3, 0.4) is 0 Å². The fourth-order valence-electron chi connectivity index (χ4n) is 0.894.